The highest BCUT2D eigenvalue weighted by atomic mass is 16.4. The lowest BCUT2D eigenvalue weighted by molar-refractivity contribution is -0.142. The Morgan fingerprint density at radius 3 is 2.12 bits per heavy atom. The molecule has 6 atom stereocenters. The van der Waals surface area contributed by atoms with Crippen molar-refractivity contribution in [3.05, 3.63) is 0 Å². The third-order valence-corrected chi connectivity index (χ3v) is 7.14. The average Bonchev–Trinajstić information content (AvgIpc) is 3.51. The van der Waals surface area contributed by atoms with Gasteiger partial charge in [-0.3, -0.25) is 38.6 Å². The zero-order valence-electron chi connectivity index (χ0n) is 26.9. The van der Waals surface area contributed by atoms with Gasteiger partial charge in [-0.05, 0) is 46.0 Å². The van der Waals surface area contributed by atoms with Crippen molar-refractivity contribution in [1.82, 2.24) is 31.5 Å². The summed E-state index contributed by atoms with van der Waals surface area (Å²) in [6.07, 6.45) is -0.606. The van der Waals surface area contributed by atoms with Gasteiger partial charge in [-0.2, -0.15) is 0 Å². The van der Waals surface area contributed by atoms with E-state index in [4.69, 9.17) is 22.9 Å². The number of amides is 7. The van der Waals surface area contributed by atoms with Crippen LogP contribution in [0.2, 0.25) is 0 Å². The molecule has 21 nitrogen and oxygen atoms in total. The number of aliphatic imine (C=N–C) groups is 1. The number of primary amides is 1. The van der Waals surface area contributed by atoms with Crippen LogP contribution in [-0.4, -0.2) is 131 Å². The maximum absolute atomic E-state index is 13.1. The van der Waals surface area contributed by atoms with Crippen molar-refractivity contribution >= 4 is 53.3 Å². The Morgan fingerprint density at radius 1 is 0.896 bits per heavy atom. The molecule has 48 heavy (non-hydrogen) atoms. The number of hydrogen-bond donors (Lipinski definition) is 11. The van der Waals surface area contributed by atoms with Crippen molar-refractivity contribution in [3.63, 3.8) is 0 Å². The van der Waals surface area contributed by atoms with Crippen LogP contribution in [0.4, 0.5) is 0 Å². The number of hydrogen-bond acceptors (Lipinski definition) is 11. The maximum Gasteiger partial charge on any atom is 0.326 e. The molecule has 0 unspecified atom stereocenters. The predicted molar refractivity (Wildman–Crippen MR) is 168 cm³/mol. The van der Waals surface area contributed by atoms with Crippen LogP contribution in [0.1, 0.15) is 52.4 Å². The number of rotatable bonds is 20. The highest BCUT2D eigenvalue weighted by Crippen LogP contribution is 2.18. The predicted octanol–water partition coefficient (Wildman–Crippen LogP) is -6.20. The van der Waals surface area contributed by atoms with Gasteiger partial charge < -0.3 is 64.6 Å². The number of carboxylic acids is 1. The number of likely N-dealkylation sites (tertiary alicyclic amines) is 1. The molecule has 15 N–H and O–H groups in total. The van der Waals surface area contributed by atoms with Crippen LogP contribution in [-0.2, 0) is 38.4 Å². The lowest BCUT2D eigenvalue weighted by Gasteiger charge is -2.27. The molecular weight excluding hydrogens is 638 g/mol. The normalized spacial score (nSPS) is 17.0. The monoisotopic (exact) mass is 685 g/mol. The van der Waals surface area contributed by atoms with Gasteiger partial charge in [0.2, 0.25) is 41.4 Å². The summed E-state index contributed by atoms with van der Waals surface area (Å²) in [5.41, 5.74) is 21.2. The Kier molecular flexibility index (Phi) is 17.3. The molecule has 1 aliphatic rings. The van der Waals surface area contributed by atoms with Crippen LogP contribution in [0, 0.1) is 0 Å². The SMILES string of the molecule is C[C@H](NC(=O)CNC(=O)[C@@H](NC(=O)[C@@H]1CCCN1C(=O)CNC(=O)[C@@H](N)CCC(N)=O)[C@@H](C)O)C(=O)N[C@@H](CCCN=C(N)N)C(=O)O. The van der Waals surface area contributed by atoms with Crippen molar-refractivity contribution in [2.75, 3.05) is 26.2 Å². The number of carbonyl (C=O) groups is 8. The molecule has 0 spiro atoms. The molecule has 1 saturated heterocycles. The zero-order valence-corrected chi connectivity index (χ0v) is 26.9. The van der Waals surface area contributed by atoms with Gasteiger partial charge in [0.1, 0.15) is 24.2 Å². The first-order valence-electron chi connectivity index (χ1n) is 15.2. The standard InChI is InChI=1S/C27H47N11O10/c1-13(22(43)36-16(26(47)48)5-3-9-32-27(30)31)35-19(41)11-33-25(46)21(14(2)39)37-24(45)17-6-4-10-38(17)20(42)12-34-23(44)15(28)7-8-18(29)40/h13-17,21,39H,3-12,28H2,1-2H3,(H2,29,40)(H,33,46)(H,34,44)(H,35,41)(H,36,43)(H,37,45)(H,47,48)(H4,30,31,32)/t13-,14+,15-,16-,17-,21-/m0/s1. The van der Waals surface area contributed by atoms with Crippen molar-refractivity contribution in [2.24, 2.45) is 27.9 Å². The van der Waals surface area contributed by atoms with E-state index in [1.54, 1.807) is 0 Å². The topological polar surface area (TPSA) is 357 Å². The maximum atomic E-state index is 13.1. The molecule has 1 heterocycles. The molecule has 0 aromatic heterocycles. The van der Waals surface area contributed by atoms with E-state index in [9.17, 15) is 48.6 Å². The van der Waals surface area contributed by atoms with Crippen LogP contribution >= 0.6 is 0 Å². The van der Waals surface area contributed by atoms with Crippen LogP contribution in [0.15, 0.2) is 4.99 Å². The van der Waals surface area contributed by atoms with E-state index in [-0.39, 0.29) is 51.2 Å². The van der Waals surface area contributed by atoms with E-state index >= 15 is 0 Å². The molecule has 21 heteroatoms. The second-order valence-electron chi connectivity index (χ2n) is 11.2. The summed E-state index contributed by atoms with van der Waals surface area (Å²) in [6, 6.07) is -6.08. The fraction of sp³-hybridized carbons (Fsp3) is 0.667. The van der Waals surface area contributed by atoms with Gasteiger partial charge in [0.05, 0.1) is 25.2 Å². The molecule has 270 valence electrons. The molecule has 0 radical (unpaired) electrons. The summed E-state index contributed by atoms with van der Waals surface area (Å²) >= 11 is 0. The van der Waals surface area contributed by atoms with Gasteiger partial charge in [-0.1, -0.05) is 0 Å². The lowest BCUT2D eigenvalue weighted by atomic mass is 10.1. The van der Waals surface area contributed by atoms with Gasteiger partial charge in [0, 0.05) is 19.5 Å². The number of nitrogens with zero attached hydrogens (tertiary/aromatic N) is 2. The van der Waals surface area contributed by atoms with E-state index in [0.29, 0.717) is 6.42 Å². The Hall–Kier alpha value is -5.05. The average molecular weight is 686 g/mol. The van der Waals surface area contributed by atoms with Gasteiger partial charge in [-0.25, -0.2) is 4.79 Å². The largest absolute Gasteiger partial charge is 0.480 e. The second-order valence-corrected chi connectivity index (χ2v) is 11.2. The number of nitrogens with two attached hydrogens (primary N) is 4. The summed E-state index contributed by atoms with van der Waals surface area (Å²) < 4.78 is 0. The van der Waals surface area contributed by atoms with E-state index in [1.807, 2.05) is 0 Å². The summed E-state index contributed by atoms with van der Waals surface area (Å²) in [7, 11) is 0. The minimum absolute atomic E-state index is 0.0127. The number of aliphatic hydroxyl groups excluding tert-OH is 1. The molecule has 0 aromatic carbocycles. The van der Waals surface area contributed by atoms with E-state index < -0.39 is 96.7 Å². The Labute approximate surface area is 276 Å². The summed E-state index contributed by atoms with van der Waals surface area (Å²) in [4.78, 5) is 103. The van der Waals surface area contributed by atoms with Gasteiger partial charge >= 0.3 is 5.97 Å². The van der Waals surface area contributed by atoms with E-state index in [2.05, 4.69) is 31.6 Å². The summed E-state index contributed by atoms with van der Waals surface area (Å²) in [5, 5.41) is 31.1. The van der Waals surface area contributed by atoms with Gasteiger partial charge in [-0.15, -0.1) is 0 Å². The van der Waals surface area contributed by atoms with Crippen molar-refractivity contribution in [1.29, 1.82) is 0 Å². The first kappa shape index (κ1) is 41.0. The van der Waals surface area contributed by atoms with E-state index in [0.717, 1.165) is 0 Å². The molecule has 1 fully saturated rings. The Bertz CT molecular complexity index is 1220. The number of aliphatic carboxylic acids is 1. The van der Waals surface area contributed by atoms with Crippen LogP contribution < -0.4 is 49.5 Å². The summed E-state index contributed by atoms with van der Waals surface area (Å²) in [6.45, 7) is 1.71. The van der Waals surface area contributed by atoms with Crippen molar-refractivity contribution < 1.29 is 48.6 Å². The van der Waals surface area contributed by atoms with Crippen molar-refractivity contribution in [3.8, 4) is 0 Å². The number of aliphatic hydroxyl groups is 1. The van der Waals surface area contributed by atoms with Crippen molar-refractivity contribution in [2.45, 2.75) is 88.7 Å². The lowest BCUT2D eigenvalue weighted by Crippen LogP contribution is -2.58. The van der Waals surface area contributed by atoms with E-state index in [1.165, 1.54) is 18.7 Å². The first-order valence-corrected chi connectivity index (χ1v) is 15.2. The smallest absolute Gasteiger partial charge is 0.326 e. The third-order valence-electron chi connectivity index (χ3n) is 7.14. The Balaban J connectivity index is 2.65. The molecule has 0 saturated carbocycles. The highest BCUT2D eigenvalue weighted by molar-refractivity contribution is 5.96. The van der Waals surface area contributed by atoms with Crippen LogP contribution in [0.3, 0.4) is 0 Å². The molecular formula is C27H47N11O10. The minimum atomic E-state index is -1.53. The molecule has 7 amide bonds. The first-order chi connectivity index (χ1) is 22.4. The third kappa shape index (κ3) is 14.6. The number of carbonyl (C=O) groups excluding carboxylic acids is 7. The number of nitrogens with one attached hydrogen (secondary N) is 5. The number of carboxylic acid groups (broad SMARTS) is 1. The van der Waals surface area contributed by atoms with Crippen LogP contribution in [0.25, 0.3) is 0 Å². The van der Waals surface area contributed by atoms with Crippen LogP contribution in [0.5, 0.6) is 0 Å². The van der Waals surface area contributed by atoms with Gasteiger partial charge in [0.15, 0.2) is 5.96 Å². The molecule has 1 rings (SSSR count). The summed E-state index contributed by atoms with van der Waals surface area (Å²) in [5.74, 6) is -6.72. The van der Waals surface area contributed by atoms with Gasteiger partial charge in [0.25, 0.3) is 0 Å². The molecule has 0 aliphatic carbocycles. The molecule has 0 bridgehead atoms. The fourth-order valence-electron chi connectivity index (χ4n) is 4.51. The zero-order chi connectivity index (χ0) is 36.6. The fourth-order valence-corrected chi connectivity index (χ4v) is 4.51. The number of guanidine groups is 1. The highest BCUT2D eigenvalue weighted by Gasteiger charge is 2.37. The molecule has 1 aliphatic heterocycles. The minimum Gasteiger partial charge on any atom is -0.480 e. The Morgan fingerprint density at radius 2 is 1.54 bits per heavy atom. The second kappa shape index (κ2) is 20.2. The quantitative estimate of drug-likeness (QED) is 0.0323. The molecule has 0 aromatic rings.